The summed E-state index contributed by atoms with van der Waals surface area (Å²) in [5, 5.41) is 0. The molecule has 0 bridgehead atoms. The topological polar surface area (TPSA) is 73.6 Å². The highest BCUT2D eigenvalue weighted by molar-refractivity contribution is 5.80. The van der Waals surface area contributed by atoms with Crippen molar-refractivity contribution < 1.29 is 14.3 Å². The fourth-order valence-corrected chi connectivity index (χ4v) is 1.43. The van der Waals surface area contributed by atoms with Crippen molar-refractivity contribution in [1.82, 2.24) is 5.43 Å². The number of hydrazine groups is 1. The number of hydrogen-bond donors (Lipinski definition) is 2. The molecule has 0 radical (unpaired) electrons. The fourth-order valence-electron chi connectivity index (χ4n) is 1.43. The van der Waals surface area contributed by atoms with Crippen LogP contribution in [-0.4, -0.2) is 31.3 Å². The minimum atomic E-state index is -0.480. The van der Waals surface area contributed by atoms with Crippen molar-refractivity contribution >= 4 is 5.91 Å². The Kier molecular flexibility index (Phi) is 4.31. The first kappa shape index (κ1) is 11.4. The quantitative estimate of drug-likeness (QED) is 0.376. The second-order valence-electron chi connectivity index (χ2n) is 3.79. The Morgan fingerprint density at radius 2 is 2.36 bits per heavy atom. The van der Waals surface area contributed by atoms with Gasteiger partial charge in [0, 0.05) is 6.61 Å². The lowest BCUT2D eigenvalue weighted by molar-refractivity contribution is -0.140. The fraction of sp³-hybridized carbons (Fsp3) is 0.889. The second kappa shape index (κ2) is 5.29. The van der Waals surface area contributed by atoms with Crippen LogP contribution in [0.2, 0.25) is 0 Å². The van der Waals surface area contributed by atoms with Crippen LogP contribution in [0.25, 0.3) is 0 Å². The molecular weight excluding hydrogens is 184 g/mol. The lowest BCUT2D eigenvalue weighted by Gasteiger charge is -2.22. The van der Waals surface area contributed by atoms with E-state index >= 15 is 0 Å². The Balaban J connectivity index is 2.45. The van der Waals surface area contributed by atoms with Crippen molar-refractivity contribution in [2.45, 2.75) is 32.5 Å². The van der Waals surface area contributed by atoms with Gasteiger partial charge in [0.2, 0.25) is 0 Å². The van der Waals surface area contributed by atoms with Gasteiger partial charge in [-0.05, 0) is 12.3 Å². The first-order valence-electron chi connectivity index (χ1n) is 4.88. The van der Waals surface area contributed by atoms with Crippen LogP contribution in [0, 0.1) is 5.92 Å². The van der Waals surface area contributed by atoms with E-state index in [-0.39, 0.29) is 17.9 Å². The first-order chi connectivity index (χ1) is 6.65. The van der Waals surface area contributed by atoms with Gasteiger partial charge in [0.25, 0.3) is 5.91 Å². The van der Waals surface area contributed by atoms with Crippen molar-refractivity contribution in [3.05, 3.63) is 0 Å². The number of carbonyl (C=O) groups excluding carboxylic acids is 1. The SMILES string of the molecule is CC(C)C(OC1CCOC1)C(=O)NN. The molecule has 0 aliphatic carbocycles. The highest BCUT2D eigenvalue weighted by atomic mass is 16.6. The van der Waals surface area contributed by atoms with Gasteiger partial charge in [-0.2, -0.15) is 0 Å². The van der Waals surface area contributed by atoms with Crippen LogP contribution in [-0.2, 0) is 14.3 Å². The van der Waals surface area contributed by atoms with E-state index in [0.717, 1.165) is 6.42 Å². The normalized spacial score (nSPS) is 23.9. The predicted octanol–water partition coefficient (Wildman–Crippen LogP) is -0.194. The molecule has 2 unspecified atom stereocenters. The monoisotopic (exact) mass is 202 g/mol. The molecule has 0 aromatic heterocycles. The molecule has 1 aliphatic rings. The maximum atomic E-state index is 11.3. The van der Waals surface area contributed by atoms with Crippen LogP contribution in [0.3, 0.4) is 0 Å². The molecule has 5 nitrogen and oxygen atoms in total. The minimum absolute atomic E-state index is 0.0275. The average molecular weight is 202 g/mol. The minimum Gasteiger partial charge on any atom is -0.379 e. The summed E-state index contributed by atoms with van der Waals surface area (Å²) in [6.45, 7) is 5.13. The maximum Gasteiger partial charge on any atom is 0.263 e. The van der Waals surface area contributed by atoms with Gasteiger partial charge in [0.15, 0.2) is 0 Å². The molecule has 1 aliphatic heterocycles. The van der Waals surface area contributed by atoms with Crippen molar-refractivity contribution in [2.24, 2.45) is 11.8 Å². The summed E-state index contributed by atoms with van der Waals surface area (Å²) in [5.74, 6) is 4.91. The van der Waals surface area contributed by atoms with Gasteiger partial charge < -0.3 is 9.47 Å². The largest absolute Gasteiger partial charge is 0.379 e. The summed E-state index contributed by atoms with van der Waals surface area (Å²) in [6, 6.07) is 0. The Hall–Kier alpha value is -0.650. The van der Waals surface area contributed by atoms with Gasteiger partial charge >= 0.3 is 0 Å². The van der Waals surface area contributed by atoms with Crippen molar-refractivity contribution in [3.63, 3.8) is 0 Å². The van der Waals surface area contributed by atoms with Crippen molar-refractivity contribution in [3.8, 4) is 0 Å². The van der Waals surface area contributed by atoms with Crippen molar-refractivity contribution in [1.29, 1.82) is 0 Å². The van der Waals surface area contributed by atoms with E-state index in [4.69, 9.17) is 15.3 Å². The molecule has 14 heavy (non-hydrogen) atoms. The van der Waals surface area contributed by atoms with Gasteiger partial charge in [-0.15, -0.1) is 0 Å². The summed E-state index contributed by atoms with van der Waals surface area (Å²) in [4.78, 5) is 11.3. The second-order valence-corrected chi connectivity index (χ2v) is 3.79. The van der Waals surface area contributed by atoms with Crippen LogP contribution in [0.1, 0.15) is 20.3 Å². The molecule has 82 valence electrons. The lowest BCUT2D eigenvalue weighted by Crippen LogP contribution is -2.44. The number of carbonyl (C=O) groups is 1. The summed E-state index contributed by atoms with van der Waals surface area (Å²) < 4.78 is 10.8. The molecule has 0 aromatic carbocycles. The van der Waals surface area contributed by atoms with Crippen molar-refractivity contribution in [2.75, 3.05) is 13.2 Å². The zero-order valence-corrected chi connectivity index (χ0v) is 8.66. The summed E-state index contributed by atoms with van der Waals surface area (Å²) in [6.07, 6.45) is 0.396. The Bertz CT molecular complexity index is 190. The number of nitrogens with one attached hydrogen (secondary N) is 1. The van der Waals surface area contributed by atoms with Gasteiger partial charge in [-0.3, -0.25) is 10.2 Å². The average Bonchev–Trinajstić information content (AvgIpc) is 2.65. The summed E-state index contributed by atoms with van der Waals surface area (Å²) >= 11 is 0. The van der Waals surface area contributed by atoms with Gasteiger partial charge in [0.1, 0.15) is 6.10 Å². The molecule has 0 aromatic rings. The molecule has 0 saturated carbocycles. The van der Waals surface area contributed by atoms with Gasteiger partial charge in [-0.25, -0.2) is 5.84 Å². The van der Waals surface area contributed by atoms with E-state index in [1.165, 1.54) is 0 Å². The maximum absolute atomic E-state index is 11.3. The predicted molar refractivity (Wildman–Crippen MR) is 51.3 cm³/mol. The first-order valence-corrected chi connectivity index (χ1v) is 4.88. The molecule has 1 amide bonds. The Morgan fingerprint density at radius 1 is 1.64 bits per heavy atom. The molecule has 1 rings (SSSR count). The number of hydrogen-bond acceptors (Lipinski definition) is 4. The summed E-state index contributed by atoms with van der Waals surface area (Å²) in [5.41, 5.74) is 2.12. The van der Waals surface area contributed by atoms with E-state index in [9.17, 15) is 4.79 Å². The zero-order chi connectivity index (χ0) is 10.6. The third-order valence-electron chi connectivity index (χ3n) is 2.23. The van der Waals surface area contributed by atoms with Crippen LogP contribution in [0.4, 0.5) is 0 Å². The van der Waals surface area contributed by atoms with E-state index in [1.54, 1.807) is 0 Å². The van der Waals surface area contributed by atoms with Gasteiger partial charge in [0.05, 0.1) is 12.7 Å². The number of rotatable bonds is 4. The lowest BCUT2D eigenvalue weighted by atomic mass is 10.1. The molecule has 2 atom stereocenters. The van der Waals surface area contributed by atoms with E-state index in [0.29, 0.717) is 13.2 Å². The molecule has 0 spiro atoms. The molecule has 5 heteroatoms. The number of nitrogens with two attached hydrogens (primary N) is 1. The zero-order valence-electron chi connectivity index (χ0n) is 8.66. The van der Waals surface area contributed by atoms with E-state index < -0.39 is 6.10 Å². The van der Waals surface area contributed by atoms with E-state index in [1.807, 2.05) is 13.8 Å². The standard InChI is InChI=1S/C9H18N2O3/c1-6(2)8(9(12)11-10)14-7-3-4-13-5-7/h6-8H,3-5,10H2,1-2H3,(H,11,12). The number of ether oxygens (including phenoxy) is 2. The van der Waals surface area contributed by atoms with Crippen LogP contribution >= 0.6 is 0 Å². The molecular formula is C9H18N2O3. The molecule has 1 fully saturated rings. The van der Waals surface area contributed by atoms with Crippen LogP contribution in [0.5, 0.6) is 0 Å². The van der Waals surface area contributed by atoms with Gasteiger partial charge in [-0.1, -0.05) is 13.8 Å². The number of amides is 1. The summed E-state index contributed by atoms with van der Waals surface area (Å²) in [7, 11) is 0. The highest BCUT2D eigenvalue weighted by Gasteiger charge is 2.27. The van der Waals surface area contributed by atoms with Crippen LogP contribution in [0.15, 0.2) is 0 Å². The molecule has 1 heterocycles. The smallest absolute Gasteiger partial charge is 0.263 e. The Labute approximate surface area is 83.9 Å². The van der Waals surface area contributed by atoms with Crippen LogP contribution < -0.4 is 11.3 Å². The third kappa shape index (κ3) is 2.94. The molecule has 1 saturated heterocycles. The third-order valence-corrected chi connectivity index (χ3v) is 2.23. The molecule has 3 N–H and O–H groups in total. The van der Waals surface area contributed by atoms with E-state index in [2.05, 4.69) is 5.43 Å². The Morgan fingerprint density at radius 3 is 2.79 bits per heavy atom. The highest BCUT2D eigenvalue weighted by Crippen LogP contribution is 2.15.